The zero-order chi connectivity index (χ0) is 9.97. The second kappa shape index (κ2) is 4.60. The van der Waals surface area contributed by atoms with Gasteiger partial charge in [0.15, 0.2) is 0 Å². The topological polar surface area (TPSA) is 38.5 Å². The van der Waals surface area contributed by atoms with Crippen molar-refractivity contribution in [2.45, 2.75) is 50.3 Å². The van der Waals surface area contributed by atoms with Gasteiger partial charge in [-0.2, -0.15) is 0 Å². The molecule has 3 heteroatoms. The van der Waals surface area contributed by atoms with Crippen LogP contribution in [0.25, 0.3) is 0 Å². The summed E-state index contributed by atoms with van der Waals surface area (Å²) in [6, 6.07) is 1.14. The molecular formula is C11H22N2O. The first-order chi connectivity index (χ1) is 6.75. The van der Waals surface area contributed by atoms with E-state index in [2.05, 4.69) is 11.9 Å². The minimum absolute atomic E-state index is 0.437. The molecule has 2 rings (SSSR count). The van der Waals surface area contributed by atoms with Crippen molar-refractivity contribution < 1.29 is 4.74 Å². The maximum atomic E-state index is 5.91. The average Bonchev–Trinajstić information content (AvgIpc) is 2.75. The van der Waals surface area contributed by atoms with Gasteiger partial charge in [-0.1, -0.05) is 0 Å². The van der Waals surface area contributed by atoms with E-state index in [1.165, 1.54) is 32.1 Å². The molecule has 1 aliphatic heterocycles. The lowest BCUT2D eigenvalue weighted by molar-refractivity contribution is 0.0686. The molecule has 0 bridgehead atoms. The zero-order valence-electron chi connectivity index (χ0n) is 9.11. The summed E-state index contributed by atoms with van der Waals surface area (Å²) in [4.78, 5) is 2.45. The van der Waals surface area contributed by atoms with E-state index < -0.39 is 0 Å². The van der Waals surface area contributed by atoms with Crippen molar-refractivity contribution in [1.82, 2.24) is 4.90 Å². The van der Waals surface area contributed by atoms with Gasteiger partial charge in [0.1, 0.15) is 0 Å². The summed E-state index contributed by atoms with van der Waals surface area (Å²) in [7, 11) is 2.21. The van der Waals surface area contributed by atoms with Crippen LogP contribution in [0, 0.1) is 0 Å². The monoisotopic (exact) mass is 198 g/mol. The van der Waals surface area contributed by atoms with Crippen LogP contribution in [0.4, 0.5) is 0 Å². The first-order valence-corrected chi connectivity index (χ1v) is 5.83. The molecule has 1 saturated carbocycles. The molecule has 0 aromatic heterocycles. The molecule has 3 nitrogen and oxygen atoms in total. The Morgan fingerprint density at radius 3 is 2.79 bits per heavy atom. The minimum Gasteiger partial charge on any atom is -0.377 e. The Labute approximate surface area is 86.6 Å². The van der Waals surface area contributed by atoms with Crippen molar-refractivity contribution in [2.75, 3.05) is 20.2 Å². The van der Waals surface area contributed by atoms with Gasteiger partial charge in [0.25, 0.3) is 0 Å². The molecular weight excluding hydrogens is 176 g/mol. The molecule has 1 saturated heterocycles. The molecule has 0 aromatic rings. The average molecular weight is 198 g/mol. The highest BCUT2D eigenvalue weighted by atomic mass is 16.5. The van der Waals surface area contributed by atoms with E-state index in [1.807, 2.05) is 0 Å². The molecule has 3 unspecified atom stereocenters. The molecule has 0 amide bonds. The summed E-state index contributed by atoms with van der Waals surface area (Å²) in [5.41, 5.74) is 5.91. The first kappa shape index (κ1) is 10.4. The maximum absolute atomic E-state index is 5.91. The van der Waals surface area contributed by atoms with Crippen molar-refractivity contribution in [3.63, 3.8) is 0 Å². The highest BCUT2D eigenvalue weighted by molar-refractivity contribution is 4.84. The largest absolute Gasteiger partial charge is 0.377 e. The number of rotatable bonds is 3. The second-order valence-electron chi connectivity index (χ2n) is 4.80. The van der Waals surface area contributed by atoms with Crippen molar-refractivity contribution in [3.05, 3.63) is 0 Å². The standard InChI is InChI=1S/C11H22N2O/c1-13(8-11-3-2-6-14-11)10-5-4-9(12)7-10/h9-11H,2-8,12H2,1H3. The van der Waals surface area contributed by atoms with E-state index in [9.17, 15) is 0 Å². The van der Waals surface area contributed by atoms with Crippen LogP contribution in [0.1, 0.15) is 32.1 Å². The lowest BCUT2D eigenvalue weighted by atomic mass is 10.1. The van der Waals surface area contributed by atoms with E-state index in [1.54, 1.807) is 0 Å². The molecule has 2 aliphatic rings. The van der Waals surface area contributed by atoms with Crippen LogP contribution >= 0.6 is 0 Å². The fourth-order valence-electron chi connectivity index (χ4n) is 2.65. The third kappa shape index (κ3) is 2.47. The van der Waals surface area contributed by atoms with Crippen LogP contribution < -0.4 is 5.73 Å². The molecule has 1 aliphatic carbocycles. The highest BCUT2D eigenvalue weighted by Crippen LogP contribution is 2.23. The third-order valence-corrected chi connectivity index (χ3v) is 3.58. The number of nitrogens with zero attached hydrogens (tertiary/aromatic N) is 1. The molecule has 82 valence electrons. The van der Waals surface area contributed by atoms with Crippen molar-refractivity contribution in [1.29, 1.82) is 0 Å². The van der Waals surface area contributed by atoms with Gasteiger partial charge in [-0.05, 0) is 39.2 Å². The van der Waals surface area contributed by atoms with Gasteiger partial charge >= 0.3 is 0 Å². The summed E-state index contributed by atoms with van der Waals surface area (Å²) >= 11 is 0. The summed E-state index contributed by atoms with van der Waals surface area (Å²) in [5, 5.41) is 0. The van der Waals surface area contributed by atoms with Crippen LogP contribution in [0.3, 0.4) is 0 Å². The van der Waals surface area contributed by atoms with E-state index in [4.69, 9.17) is 10.5 Å². The Morgan fingerprint density at radius 2 is 2.21 bits per heavy atom. The smallest absolute Gasteiger partial charge is 0.0702 e. The van der Waals surface area contributed by atoms with Gasteiger partial charge in [-0.25, -0.2) is 0 Å². The third-order valence-electron chi connectivity index (χ3n) is 3.58. The van der Waals surface area contributed by atoms with Gasteiger partial charge in [0.05, 0.1) is 6.10 Å². The van der Waals surface area contributed by atoms with Crippen molar-refractivity contribution in [2.24, 2.45) is 5.73 Å². The van der Waals surface area contributed by atoms with Gasteiger partial charge in [-0.15, -0.1) is 0 Å². The van der Waals surface area contributed by atoms with E-state index in [0.29, 0.717) is 18.2 Å². The summed E-state index contributed by atoms with van der Waals surface area (Å²) in [6.45, 7) is 2.06. The predicted molar refractivity (Wildman–Crippen MR) is 57.2 cm³/mol. The van der Waals surface area contributed by atoms with E-state index >= 15 is 0 Å². The van der Waals surface area contributed by atoms with Crippen LogP contribution in [-0.4, -0.2) is 43.3 Å². The Morgan fingerprint density at radius 1 is 1.36 bits per heavy atom. The Bertz CT molecular complexity index is 180. The molecule has 3 atom stereocenters. The molecule has 0 radical (unpaired) electrons. The lowest BCUT2D eigenvalue weighted by Gasteiger charge is -2.26. The quantitative estimate of drug-likeness (QED) is 0.734. The molecule has 1 heterocycles. The normalized spacial score (nSPS) is 38.4. The second-order valence-corrected chi connectivity index (χ2v) is 4.80. The fraction of sp³-hybridized carbons (Fsp3) is 1.00. The van der Waals surface area contributed by atoms with Gasteiger partial charge in [-0.3, -0.25) is 0 Å². The fourth-order valence-corrected chi connectivity index (χ4v) is 2.65. The van der Waals surface area contributed by atoms with Gasteiger partial charge in [0, 0.05) is 25.2 Å². The molecule has 0 spiro atoms. The Hall–Kier alpha value is -0.120. The molecule has 2 fully saturated rings. The Kier molecular flexibility index (Phi) is 3.42. The number of hydrogen-bond donors (Lipinski definition) is 1. The van der Waals surface area contributed by atoms with E-state index in [0.717, 1.165) is 13.2 Å². The van der Waals surface area contributed by atoms with Crippen LogP contribution in [-0.2, 0) is 4.74 Å². The van der Waals surface area contributed by atoms with Crippen molar-refractivity contribution in [3.8, 4) is 0 Å². The highest BCUT2D eigenvalue weighted by Gasteiger charge is 2.27. The molecule has 2 N–H and O–H groups in total. The number of nitrogens with two attached hydrogens (primary N) is 1. The SMILES string of the molecule is CN(CC1CCCO1)C1CCC(N)C1. The molecule has 14 heavy (non-hydrogen) atoms. The first-order valence-electron chi connectivity index (χ1n) is 5.83. The maximum Gasteiger partial charge on any atom is 0.0702 e. The minimum atomic E-state index is 0.437. The van der Waals surface area contributed by atoms with Crippen molar-refractivity contribution >= 4 is 0 Å². The van der Waals surface area contributed by atoms with Gasteiger partial charge in [0.2, 0.25) is 0 Å². The van der Waals surface area contributed by atoms with Crippen LogP contribution in [0.5, 0.6) is 0 Å². The predicted octanol–water partition coefficient (Wildman–Crippen LogP) is 0.977. The van der Waals surface area contributed by atoms with Crippen LogP contribution in [0.15, 0.2) is 0 Å². The summed E-state index contributed by atoms with van der Waals surface area (Å²) < 4.78 is 5.64. The zero-order valence-corrected chi connectivity index (χ0v) is 9.11. The number of likely N-dealkylation sites (N-methyl/N-ethyl adjacent to an activating group) is 1. The molecule has 0 aromatic carbocycles. The van der Waals surface area contributed by atoms with Crippen LogP contribution in [0.2, 0.25) is 0 Å². The number of ether oxygens (including phenoxy) is 1. The summed E-state index contributed by atoms with van der Waals surface area (Å²) in [5.74, 6) is 0. The summed E-state index contributed by atoms with van der Waals surface area (Å²) in [6.07, 6.45) is 6.59. The lowest BCUT2D eigenvalue weighted by Crippen LogP contribution is -2.36. The van der Waals surface area contributed by atoms with E-state index in [-0.39, 0.29) is 0 Å². The number of hydrogen-bond acceptors (Lipinski definition) is 3. The van der Waals surface area contributed by atoms with Gasteiger partial charge < -0.3 is 15.4 Å². The Balaban J connectivity index is 1.74.